The lowest BCUT2D eigenvalue weighted by Gasteiger charge is -2.27. The second-order valence-electron chi connectivity index (χ2n) is 4.17. The lowest BCUT2D eigenvalue weighted by molar-refractivity contribution is -0.145. The number of hydrogen-bond donors (Lipinski definition) is 0. The zero-order chi connectivity index (χ0) is 12.5. The summed E-state index contributed by atoms with van der Waals surface area (Å²) in [5, 5.41) is 0. The number of carbonyl (C=O) groups is 1. The van der Waals surface area contributed by atoms with Crippen molar-refractivity contribution in [2.24, 2.45) is 0 Å². The SMILES string of the molecule is CC(=O)OC1c2ccccc2Sc2ccccc21. The molecule has 0 unspecified atom stereocenters. The smallest absolute Gasteiger partial charge is 0.303 e. The minimum atomic E-state index is -0.281. The van der Waals surface area contributed by atoms with Gasteiger partial charge in [-0.2, -0.15) is 0 Å². The fourth-order valence-electron chi connectivity index (χ4n) is 2.16. The van der Waals surface area contributed by atoms with Crippen molar-refractivity contribution in [2.45, 2.75) is 22.8 Å². The monoisotopic (exact) mass is 256 g/mol. The van der Waals surface area contributed by atoms with Crippen molar-refractivity contribution in [3.63, 3.8) is 0 Å². The van der Waals surface area contributed by atoms with Gasteiger partial charge in [-0.3, -0.25) is 4.79 Å². The number of hydrogen-bond acceptors (Lipinski definition) is 3. The van der Waals surface area contributed by atoms with Crippen LogP contribution in [-0.2, 0) is 9.53 Å². The summed E-state index contributed by atoms with van der Waals surface area (Å²) in [7, 11) is 0. The maximum Gasteiger partial charge on any atom is 0.303 e. The quantitative estimate of drug-likeness (QED) is 0.726. The summed E-state index contributed by atoms with van der Waals surface area (Å²) in [5.74, 6) is -0.253. The molecule has 3 rings (SSSR count). The Morgan fingerprint density at radius 2 is 1.50 bits per heavy atom. The van der Waals surface area contributed by atoms with E-state index in [0.717, 1.165) is 20.9 Å². The highest BCUT2D eigenvalue weighted by molar-refractivity contribution is 7.99. The van der Waals surface area contributed by atoms with E-state index in [1.807, 2.05) is 36.4 Å². The highest BCUT2D eigenvalue weighted by Crippen LogP contribution is 2.45. The molecule has 90 valence electrons. The summed E-state index contributed by atoms with van der Waals surface area (Å²) < 4.78 is 5.49. The Labute approximate surface area is 110 Å². The van der Waals surface area contributed by atoms with E-state index in [1.54, 1.807) is 11.8 Å². The summed E-state index contributed by atoms with van der Waals surface area (Å²) in [6.45, 7) is 1.45. The number of fused-ring (bicyclic) bond motifs is 2. The van der Waals surface area contributed by atoms with E-state index < -0.39 is 0 Å². The average Bonchev–Trinajstić information content (AvgIpc) is 2.38. The maximum atomic E-state index is 11.3. The van der Waals surface area contributed by atoms with E-state index in [4.69, 9.17) is 4.74 Å². The molecule has 18 heavy (non-hydrogen) atoms. The summed E-state index contributed by atoms with van der Waals surface area (Å²) in [6.07, 6.45) is -0.281. The van der Waals surface area contributed by atoms with Gasteiger partial charge in [0.25, 0.3) is 0 Å². The van der Waals surface area contributed by atoms with E-state index in [1.165, 1.54) is 6.92 Å². The lowest BCUT2D eigenvalue weighted by atomic mass is 10.0. The molecule has 0 fully saturated rings. The van der Waals surface area contributed by atoms with E-state index in [9.17, 15) is 4.79 Å². The van der Waals surface area contributed by atoms with Crippen LogP contribution in [0.25, 0.3) is 0 Å². The Morgan fingerprint density at radius 1 is 1.00 bits per heavy atom. The minimum Gasteiger partial charge on any atom is -0.453 e. The van der Waals surface area contributed by atoms with Crippen LogP contribution in [0.2, 0.25) is 0 Å². The fourth-order valence-corrected chi connectivity index (χ4v) is 3.28. The first kappa shape index (κ1) is 11.4. The van der Waals surface area contributed by atoms with Crippen LogP contribution in [0.4, 0.5) is 0 Å². The minimum absolute atomic E-state index is 0.253. The molecule has 1 aliphatic heterocycles. The van der Waals surface area contributed by atoms with Crippen molar-refractivity contribution in [1.82, 2.24) is 0 Å². The maximum absolute atomic E-state index is 11.3. The molecule has 2 nitrogen and oxygen atoms in total. The van der Waals surface area contributed by atoms with Gasteiger partial charge in [-0.15, -0.1) is 0 Å². The molecular weight excluding hydrogens is 244 g/mol. The summed E-state index contributed by atoms with van der Waals surface area (Å²) >= 11 is 1.72. The third kappa shape index (κ3) is 1.91. The third-order valence-corrected chi connectivity index (χ3v) is 4.09. The molecule has 0 aromatic heterocycles. The van der Waals surface area contributed by atoms with E-state index in [0.29, 0.717) is 0 Å². The molecular formula is C15H12O2S. The predicted molar refractivity (Wildman–Crippen MR) is 70.6 cm³/mol. The van der Waals surface area contributed by atoms with Crippen LogP contribution in [0, 0.1) is 0 Å². The van der Waals surface area contributed by atoms with Gasteiger partial charge < -0.3 is 4.74 Å². The van der Waals surface area contributed by atoms with Crippen LogP contribution >= 0.6 is 11.8 Å². The molecule has 3 heteroatoms. The van der Waals surface area contributed by atoms with Crippen molar-refractivity contribution < 1.29 is 9.53 Å². The highest BCUT2D eigenvalue weighted by atomic mass is 32.2. The van der Waals surface area contributed by atoms with Crippen LogP contribution in [0.1, 0.15) is 24.2 Å². The van der Waals surface area contributed by atoms with Gasteiger partial charge in [0.15, 0.2) is 6.10 Å². The molecule has 0 saturated heterocycles. The first-order valence-electron chi connectivity index (χ1n) is 5.78. The lowest BCUT2D eigenvalue weighted by Crippen LogP contribution is -2.14. The van der Waals surface area contributed by atoms with Gasteiger partial charge in [-0.25, -0.2) is 0 Å². The van der Waals surface area contributed by atoms with Crippen molar-refractivity contribution in [3.8, 4) is 0 Å². The van der Waals surface area contributed by atoms with Crippen LogP contribution in [0.5, 0.6) is 0 Å². The number of esters is 1. The Morgan fingerprint density at radius 3 is 2.00 bits per heavy atom. The van der Waals surface area contributed by atoms with Crippen LogP contribution in [0.15, 0.2) is 58.3 Å². The molecule has 2 aromatic carbocycles. The number of rotatable bonds is 1. The van der Waals surface area contributed by atoms with E-state index >= 15 is 0 Å². The highest BCUT2D eigenvalue weighted by Gasteiger charge is 2.27. The van der Waals surface area contributed by atoms with Crippen molar-refractivity contribution in [1.29, 1.82) is 0 Å². The molecule has 1 heterocycles. The molecule has 0 bridgehead atoms. The van der Waals surface area contributed by atoms with Gasteiger partial charge in [-0.1, -0.05) is 48.2 Å². The number of benzene rings is 2. The zero-order valence-corrected chi connectivity index (χ0v) is 10.7. The molecule has 1 aliphatic rings. The van der Waals surface area contributed by atoms with Gasteiger partial charge in [0, 0.05) is 27.8 Å². The second kappa shape index (κ2) is 4.50. The molecule has 0 saturated carbocycles. The van der Waals surface area contributed by atoms with E-state index in [-0.39, 0.29) is 12.1 Å². The summed E-state index contributed by atoms with van der Waals surface area (Å²) in [4.78, 5) is 13.6. The van der Waals surface area contributed by atoms with Crippen molar-refractivity contribution >= 4 is 17.7 Å². The Kier molecular flexibility index (Phi) is 2.84. The van der Waals surface area contributed by atoms with Gasteiger partial charge in [-0.05, 0) is 12.1 Å². The number of ether oxygens (including phenoxy) is 1. The Balaban J connectivity index is 2.14. The van der Waals surface area contributed by atoms with Crippen LogP contribution in [-0.4, -0.2) is 5.97 Å². The van der Waals surface area contributed by atoms with Gasteiger partial charge >= 0.3 is 5.97 Å². The topological polar surface area (TPSA) is 26.3 Å². The summed E-state index contributed by atoms with van der Waals surface area (Å²) in [6, 6.07) is 16.1. The molecule has 0 spiro atoms. The standard InChI is InChI=1S/C15H12O2S/c1-10(16)17-15-11-6-2-4-8-13(11)18-14-9-5-3-7-12(14)15/h2-9,15H,1H3. The molecule has 0 radical (unpaired) electrons. The predicted octanol–water partition coefficient (Wildman–Crippen LogP) is 3.80. The van der Waals surface area contributed by atoms with E-state index in [2.05, 4.69) is 12.1 Å². The van der Waals surface area contributed by atoms with Crippen molar-refractivity contribution in [2.75, 3.05) is 0 Å². The molecule has 0 amide bonds. The average molecular weight is 256 g/mol. The second-order valence-corrected chi connectivity index (χ2v) is 5.25. The zero-order valence-electron chi connectivity index (χ0n) is 9.92. The number of carbonyl (C=O) groups excluding carboxylic acids is 1. The van der Waals surface area contributed by atoms with Crippen LogP contribution < -0.4 is 0 Å². The third-order valence-electron chi connectivity index (χ3n) is 2.91. The van der Waals surface area contributed by atoms with Gasteiger partial charge in [0.05, 0.1) is 0 Å². The Hall–Kier alpha value is -1.74. The largest absolute Gasteiger partial charge is 0.453 e. The molecule has 0 atom stereocenters. The fraction of sp³-hybridized carbons (Fsp3) is 0.133. The normalized spacial score (nSPS) is 13.6. The summed E-state index contributed by atoms with van der Waals surface area (Å²) in [5.41, 5.74) is 2.13. The Bertz CT molecular complexity index is 561. The van der Waals surface area contributed by atoms with Crippen molar-refractivity contribution in [3.05, 3.63) is 59.7 Å². The molecule has 0 aliphatic carbocycles. The van der Waals surface area contributed by atoms with Gasteiger partial charge in [0.2, 0.25) is 0 Å². The first-order chi connectivity index (χ1) is 8.75. The molecule has 0 N–H and O–H groups in total. The molecule has 2 aromatic rings. The first-order valence-corrected chi connectivity index (χ1v) is 6.60. The van der Waals surface area contributed by atoms with Crippen LogP contribution in [0.3, 0.4) is 0 Å². The van der Waals surface area contributed by atoms with Gasteiger partial charge in [0.1, 0.15) is 0 Å².